The minimum Gasteiger partial charge on any atom is -0.352 e. The lowest BCUT2D eigenvalue weighted by Crippen LogP contribution is -2.52. The normalized spacial score (nSPS) is 29.6. The monoisotopic (exact) mass is 288 g/mol. The summed E-state index contributed by atoms with van der Waals surface area (Å²) in [5, 5.41) is 6.68. The van der Waals surface area contributed by atoms with Crippen molar-refractivity contribution >= 4 is 18.3 Å². The van der Waals surface area contributed by atoms with Crippen LogP contribution in [0.1, 0.15) is 58.8 Å². The second-order valence-corrected chi connectivity index (χ2v) is 6.29. The van der Waals surface area contributed by atoms with Crippen molar-refractivity contribution in [1.82, 2.24) is 10.6 Å². The first-order valence-electron chi connectivity index (χ1n) is 7.70. The minimum absolute atomic E-state index is 0. The number of hydrogen-bond donors (Lipinski definition) is 2. The predicted molar refractivity (Wildman–Crippen MR) is 81.6 cm³/mol. The molecule has 1 amide bonds. The maximum Gasteiger partial charge on any atom is 0.223 e. The number of nitrogens with one attached hydrogen (secondary N) is 2. The molecule has 112 valence electrons. The number of piperidine rings is 1. The molecule has 0 aromatic rings. The van der Waals surface area contributed by atoms with E-state index in [2.05, 4.69) is 24.5 Å². The van der Waals surface area contributed by atoms with Crippen LogP contribution in [0.5, 0.6) is 0 Å². The molecule has 4 heteroatoms. The number of carbonyl (C=O) groups is 1. The Balaban J connectivity index is 0.00000180. The first-order chi connectivity index (χ1) is 8.66. The van der Waals surface area contributed by atoms with Gasteiger partial charge < -0.3 is 10.6 Å². The summed E-state index contributed by atoms with van der Waals surface area (Å²) in [6, 6.07) is 0.749. The van der Waals surface area contributed by atoms with Gasteiger partial charge in [0.1, 0.15) is 0 Å². The highest BCUT2D eigenvalue weighted by Crippen LogP contribution is 2.30. The molecule has 3 atom stereocenters. The first-order valence-corrected chi connectivity index (χ1v) is 7.70. The SMILES string of the molecule is CC(CC1CCCC1)C(=O)NC1CCCNC1C.Cl. The van der Waals surface area contributed by atoms with E-state index in [-0.39, 0.29) is 24.2 Å². The first kappa shape index (κ1) is 16.8. The van der Waals surface area contributed by atoms with Crippen molar-refractivity contribution in [2.75, 3.05) is 6.54 Å². The van der Waals surface area contributed by atoms with Gasteiger partial charge in [-0.25, -0.2) is 0 Å². The third-order valence-electron chi connectivity index (χ3n) is 4.70. The molecule has 1 saturated heterocycles. The van der Waals surface area contributed by atoms with Crippen LogP contribution in [0.15, 0.2) is 0 Å². The Morgan fingerprint density at radius 2 is 1.95 bits per heavy atom. The molecule has 2 N–H and O–H groups in total. The van der Waals surface area contributed by atoms with Gasteiger partial charge in [0, 0.05) is 18.0 Å². The van der Waals surface area contributed by atoms with E-state index in [0.29, 0.717) is 12.1 Å². The summed E-state index contributed by atoms with van der Waals surface area (Å²) in [6.45, 7) is 5.35. The molecule has 0 aromatic heterocycles. The largest absolute Gasteiger partial charge is 0.352 e. The molecule has 3 unspecified atom stereocenters. The van der Waals surface area contributed by atoms with E-state index in [4.69, 9.17) is 0 Å². The molecule has 0 bridgehead atoms. The van der Waals surface area contributed by atoms with Gasteiger partial charge in [0.15, 0.2) is 0 Å². The van der Waals surface area contributed by atoms with Gasteiger partial charge in [0.05, 0.1) is 0 Å². The average molecular weight is 289 g/mol. The van der Waals surface area contributed by atoms with Gasteiger partial charge in [-0.2, -0.15) is 0 Å². The molecule has 3 nitrogen and oxygen atoms in total. The lowest BCUT2D eigenvalue weighted by atomic mass is 9.93. The molecule has 1 aliphatic carbocycles. The molecule has 0 spiro atoms. The number of amides is 1. The van der Waals surface area contributed by atoms with Crippen molar-refractivity contribution in [3.05, 3.63) is 0 Å². The zero-order valence-electron chi connectivity index (χ0n) is 12.3. The fourth-order valence-electron chi connectivity index (χ4n) is 3.42. The number of rotatable bonds is 4. The predicted octanol–water partition coefficient (Wildman–Crippen LogP) is 2.88. The highest BCUT2D eigenvalue weighted by atomic mass is 35.5. The number of halogens is 1. The van der Waals surface area contributed by atoms with Crippen LogP contribution < -0.4 is 10.6 Å². The Bertz CT molecular complexity index is 279. The molecular formula is C15H29ClN2O. The van der Waals surface area contributed by atoms with E-state index < -0.39 is 0 Å². The van der Waals surface area contributed by atoms with Crippen LogP contribution in [-0.4, -0.2) is 24.5 Å². The van der Waals surface area contributed by atoms with Crippen molar-refractivity contribution in [2.45, 2.75) is 70.9 Å². The molecule has 0 radical (unpaired) electrons. The molecule has 1 heterocycles. The van der Waals surface area contributed by atoms with E-state index >= 15 is 0 Å². The summed E-state index contributed by atoms with van der Waals surface area (Å²) >= 11 is 0. The Labute approximate surface area is 123 Å². The maximum absolute atomic E-state index is 12.2. The molecule has 2 rings (SSSR count). The summed E-state index contributed by atoms with van der Waals surface area (Å²) in [5.41, 5.74) is 0. The van der Waals surface area contributed by atoms with Gasteiger partial charge in [-0.05, 0) is 38.6 Å². The minimum atomic E-state index is 0. The molecule has 2 aliphatic rings. The third kappa shape index (κ3) is 4.96. The van der Waals surface area contributed by atoms with Gasteiger partial charge in [-0.3, -0.25) is 4.79 Å². The van der Waals surface area contributed by atoms with Crippen LogP contribution in [-0.2, 0) is 4.79 Å². The lowest BCUT2D eigenvalue weighted by Gasteiger charge is -2.31. The van der Waals surface area contributed by atoms with Gasteiger partial charge >= 0.3 is 0 Å². The van der Waals surface area contributed by atoms with Crippen LogP contribution in [0, 0.1) is 11.8 Å². The van der Waals surface area contributed by atoms with Crippen molar-refractivity contribution in [1.29, 1.82) is 0 Å². The summed E-state index contributed by atoms with van der Waals surface area (Å²) in [7, 11) is 0. The molecule has 1 aliphatic heterocycles. The number of hydrogen-bond acceptors (Lipinski definition) is 2. The highest BCUT2D eigenvalue weighted by Gasteiger charge is 2.26. The quantitative estimate of drug-likeness (QED) is 0.835. The second kappa shape index (κ2) is 8.11. The Hall–Kier alpha value is -0.280. The summed E-state index contributed by atoms with van der Waals surface area (Å²) in [5.74, 6) is 1.25. The van der Waals surface area contributed by atoms with E-state index in [1.165, 1.54) is 32.1 Å². The Morgan fingerprint density at radius 3 is 2.58 bits per heavy atom. The lowest BCUT2D eigenvalue weighted by molar-refractivity contribution is -0.126. The Kier molecular flexibility index (Phi) is 7.16. The summed E-state index contributed by atoms with van der Waals surface area (Å²) < 4.78 is 0. The van der Waals surface area contributed by atoms with Crippen LogP contribution >= 0.6 is 12.4 Å². The highest BCUT2D eigenvalue weighted by molar-refractivity contribution is 5.85. The maximum atomic E-state index is 12.2. The van der Waals surface area contributed by atoms with Gasteiger partial charge in [0.25, 0.3) is 0 Å². The molecule has 0 aromatic carbocycles. The molecule has 19 heavy (non-hydrogen) atoms. The average Bonchev–Trinajstić information content (AvgIpc) is 2.84. The Morgan fingerprint density at radius 1 is 1.26 bits per heavy atom. The van der Waals surface area contributed by atoms with Gasteiger partial charge in [0.2, 0.25) is 5.91 Å². The molecule has 2 fully saturated rings. The van der Waals surface area contributed by atoms with Crippen molar-refractivity contribution in [3.63, 3.8) is 0 Å². The van der Waals surface area contributed by atoms with E-state index in [0.717, 1.165) is 25.3 Å². The molecular weight excluding hydrogens is 260 g/mol. The third-order valence-corrected chi connectivity index (χ3v) is 4.70. The fraction of sp³-hybridized carbons (Fsp3) is 0.933. The van der Waals surface area contributed by atoms with Crippen molar-refractivity contribution in [3.8, 4) is 0 Å². The number of carbonyl (C=O) groups excluding carboxylic acids is 1. The van der Waals surface area contributed by atoms with E-state index in [1.54, 1.807) is 0 Å². The molecule has 1 saturated carbocycles. The van der Waals surface area contributed by atoms with Gasteiger partial charge in [-0.15, -0.1) is 12.4 Å². The summed E-state index contributed by atoms with van der Waals surface area (Å²) in [6.07, 6.45) is 8.77. The summed E-state index contributed by atoms with van der Waals surface area (Å²) in [4.78, 5) is 12.2. The van der Waals surface area contributed by atoms with Gasteiger partial charge in [-0.1, -0.05) is 32.6 Å². The van der Waals surface area contributed by atoms with Crippen LogP contribution in [0.3, 0.4) is 0 Å². The topological polar surface area (TPSA) is 41.1 Å². The second-order valence-electron chi connectivity index (χ2n) is 6.29. The standard InChI is InChI=1S/C15H28N2O.ClH/c1-11(10-13-6-3-4-7-13)15(18)17-14-8-5-9-16-12(14)2;/h11-14,16H,3-10H2,1-2H3,(H,17,18);1H. The van der Waals surface area contributed by atoms with Crippen LogP contribution in [0.25, 0.3) is 0 Å². The smallest absolute Gasteiger partial charge is 0.223 e. The van der Waals surface area contributed by atoms with Crippen LogP contribution in [0.2, 0.25) is 0 Å². The zero-order chi connectivity index (χ0) is 13.0. The van der Waals surface area contributed by atoms with E-state index in [9.17, 15) is 4.79 Å². The van der Waals surface area contributed by atoms with Crippen molar-refractivity contribution in [2.24, 2.45) is 11.8 Å². The van der Waals surface area contributed by atoms with E-state index in [1.807, 2.05) is 0 Å². The zero-order valence-corrected chi connectivity index (χ0v) is 13.1. The fourth-order valence-corrected chi connectivity index (χ4v) is 3.42. The van der Waals surface area contributed by atoms with Crippen LogP contribution in [0.4, 0.5) is 0 Å². The van der Waals surface area contributed by atoms with Crippen molar-refractivity contribution < 1.29 is 4.79 Å².